The fraction of sp³-hybridized carbons (Fsp3) is 0.923. The molecule has 2 aliphatic heterocycles. The van der Waals surface area contributed by atoms with Crippen LogP contribution in [0.5, 0.6) is 0 Å². The van der Waals surface area contributed by atoms with Crippen molar-refractivity contribution in [1.82, 2.24) is 20.4 Å². The summed E-state index contributed by atoms with van der Waals surface area (Å²) < 4.78 is 0. The van der Waals surface area contributed by atoms with E-state index >= 15 is 0 Å². The van der Waals surface area contributed by atoms with Crippen molar-refractivity contribution < 1.29 is 9.59 Å². The number of unbranched alkanes of at least 4 members (excludes halogenated alkanes) is 2. The number of rotatable bonds is 9. The van der Waals surface area contributed by atoms with Crippen LogP contribution in [-0.4, -0.2) is 69.4 Å². The Labute approximate surface area is 197 Å². The lowest BCUT2D eigenvalue weighted by Crippen LogP contribution is -2.62. The van der Waals surface area contributed by atoms with E-state index in [1.807, 2.05) is 4.90 Å². The highest BCUT2D eigenvalue weighted by molar-refractivity contribution is 5.73. The number of amides is 2. The molecule has 0 aliphatic carbocycles. The van der Waals surface area contributed by atoms with Crippen LogP contribution in [0.1, 0.15) is 107 Å². The van der Waals surface area contributed by atoms with Gasteiger partial charge in [-0.3, -0.25) is 9.59 Å². The monoisotopic (exact) mass is 450 g/mol. The molecule has 2 rings (SSSR count). The van der Waals surface area contributed by atoms with Crippen LogP contribution < -0.4 is 10.6 Å². The first-order valence-electron chi connectivity index (χ1n) is 12.6. The highest BCUT2D eigenvalue weighted by Gasteiger charge is 2.41. The lowest BCUT2D eigenvalue weighted by atomic mass is 9.79. The molecule has 0 aromatic rings. The first kappa shape index (κ1) is 27.1. The lowest BCUT2D eigenvalue weighted by Gasteiger charge is -2.49. The molecule has 2 N–H and O–H groups in total. The lowest BCUT2D eigenvalue weighted by molar-refractivity contribution is -0.133. The van der Waals surface area contributed by atoms with Crippen LogP contribution >= 0.6 is 0 Å². The predicted octanol–water partition coefficient (Wildman–Crippen LogP) is 4.08. The quantitative estimate of drug-likeness (QED) is 0.410. The van der Waals surface area contributed by atoms with Crippen molar-refractivity contribution in [3.05, 3.63) is 0 Å². The molecular weight excluding hydrogens is 400 g/mol. The zero-order valence-electron chi connectivity index (χ0n) is 22.3. The number of piperidine rings is 2. The van der Waals surface area contributed by atoms with Crippen molar-refractivity contribution >= 4 is 12.3 Å². The topological polar surface area (TPSA) is 64.7 Å². The van der Waals surface area contributed by atoms with E-state index in [1.165, 1.54) is 0 Å². The van der Waals surface area contributed by atoms with Gasteiger partial charge in [-0.15, -0.1) is 0 Å². The Kier molecular flexibility index (Phi) is 8.47. The van der Waals surface area contributed by atoms with Crippen LogP contribution in [0.2, 0.25) is 0 Å². The SMILES string of the molecule is CC(=O)N(CCCCCN(C=O)C1CC(C)(C)NC(C)(C)C1)C1CC(C)(C)NC(C)(C)C1. The number of hydrogen-bond donors (Lipinski definition) is 2. The van der Waals surface area contributed by atoms with Crippen molar-refractivity contribution in [2.45, 2.75) is 141 Å². The van der Waals surface area contributed by atoms with Gasteiger partial charge in [-0.1, -0.05) is 0 Å². The van der Waals surface area contributed by atoms with Gasteiger partial charge in [0.1, 0.15) is 0 Å². The summed E-state index contributed by atoms with van der Waals surface area (Å²) in [4.78, 5) is 28.4. The molecule has 32 heavy (non-hydrogen) atoms. The molecule has 2 aliphatic rings. The molecule has 2 fully saturated rings. The highest BCUT2D eigenvalue weighted by Crippen LogP contribution is 2.33. The number of nitrogens with one attached hydrogen (secondary N) is 2. The fourth-order valence-electron chi connectivity index (χ4n) is 6.66. The summed E-state index contributed by atoms with van der Waals surface area (Å²) in [7, 11) is 0. The summed E-state index contributed by atoms with van der Waals surface area (Å²) in [5.74, 6) is 0.178. The van der Waals surface area contributed by atoms with E-state index in [2.05, 4.69) is 70.9 Å². The fourth-order valence-corrected chi connectivity index (χ4v) is 6.66. The van der Waals surface area contributed by atoms with Gasteiger partial charge < -0.3 is 20.4 Å². The number of nitrogens with zero attached hydrogens (tertiary/aromatic N) is 2. The van der Waals surface area contributed by atoms with E-state index in [1.54, 1.807) is 6.92 Å². The van der Waals surface area contributed by atoms with Crippen molar-refractivity contribution in [3.63, 3.8) is 0 Å². The molecule has 2 heterocycles. The smallest absolute Gasteiger partial charge is 0.219 e. The second-order valence-electron chi connectivity index (χ2n) is 13.0. The normalized spacial score (nSPS) is 24.7. The van der Waals surface area contributed by atoms with Crippen molar-refractivity contribution in [1.29, 1.82) is 0 Å². The second kappa shape index (κ2) is 10.0. The molecule has 0 bridgehead atoms. The summed E-state index contributed by atoms with van der Waals surface area (Å²) in [6, 6.07) is 0.566. The molecule has 0 saturated carbocycles. The zero-order chi connectivity index (χ0) is 24.4. The molecule has 0 aromatic heterocycles. The Balaban J connectivity index is 1.85. The van der Waals surface area contributed by atoms with Gasteiger partial charge >= 0.3 is 0 Å². The molecule has 0 atom stereocenters. The minimum Gasteiger partial charge on any atom is -0.342 e. The van der Waals surface area contributed by atoms with E-state index in [-0.39, 0.29) is 40.1 Å². The van der Waals surface area contributed by atoms with Crippen LogP contribution in [-0.2, 0) is 9.59 Å². The summed E-state index contributed by atoms with van der Waals surface area (Å²) in [5.41, 5.74) is 0.125. The largest absolute Gasteiger partial charge is 0.342 e. The van der Waals surface area contributed by atoms with Crippen molar-refractivity contribution in [2.24, 2.45) is 0 Å². The molecule has 186 valence electrons. The van der Waals surface area contributed by atoms with Gasteiger partial charge in [0.2, 0.25) is 12.3 Å². The van der Waals surface area contributed by atoms with Gasteiger partial charge in [0.05, 0.1) is 0 Å². The van der Waals surface area contributed by atoms with E-state index in [4.69, 9.17) is 0 Å². The third-order valence-electron chi connectivity index (χ3n) is 7.10. The number of carbonyl (C=O) groups is 2. The van der Waals surface area contributed by atoms with Gasteiger partial charge in [-0.05, 0) is 100 Å². The second-order valence-corrected chi connectivity index (χ2v) is 13.0. The highest BCUT2D eigenvalue weighted by atomic mass is 16.2. The van der Waals surface area contributed by atoms with Gasteiger partial charge in [0.25, 0.3) is 0 Å². The summed E-state index contributed by atoms with van der Waals surface area (Å²) in [6.07, 6.45) is 7.97. The summed E-state index contributed by atoms with van der Waals surface area (Å²) in [6.45, 7) is 21.1. The molecule has 2 amide bonds. The Hall–Kier alpha value is -1.14. The van der Waals surface area contributed by atoms with Gasteiger partial charge in [0, 0.05) is 54.3 Å². The Morgan fingerprint density at radius 2 is 1.16 bits per heavy atom. The molecule has 6 nitrogen and oxygen atoms in total. The molecule has 6 heteroatoms. The molecule has 0 aromatic carbocycles. The van der Waals surface area contributed by atoms with E-state index < -0.39 is 0 Å². The maximum absolute atomic E-state index is 12.5. The first-order valence-corrected chi connectivity index (χ1v) is 12.6. The molecule has 0 spiro atoms. The summed E-state index contributed by atoms with van der Waals surface area (Å²) in [5, 5.41) is 7.41. The van der Waals surface area contributed by atoms with Crippen LogP contribution in [0.3, 0.4) is 0 Å². The van der Waals surface area contributed by atoms with Gasteiger partial charge in [-0.25, -0.2) is 0 Å². The average Bonchev–Trinajstić information content (AvgIpc) is 2.55. The van der Waals surface area contributed by atoms with E-state index in [9.17, 15) is 9.59 Å². The third kappa shape index (κ3) is 8.02. The van der Waals surface area contributed by atoms with Crippen molar-refractivity contribution in [2.75, 3.05) is 13.1 Å². The Morgan fingerprint density at radius 3 is 1.56 bits per heavy atom. The first-order chi connectivity index (χ1) is 14.5. The van der Waals surface area contributed by atoms with Crippen LogP contribution in [0, 0.1) is 0 Å². The van der Waals surface area contributed by atoms with Crippen molar-refractivity contribution in [3.8, 4) is 0 Å². The maximum Gasteiger partial charge on any atom is 0.219 e. The Morgan fingerprint density at radius 1 is 0.750 bits per heavy atom. The maximum atomic E-state index is 12.5. The van der Waals surface area contributed by atoms with Gasteiger partial charge in [0.15, 0.2) is 0 Å². The third-order valence-corrected chi connectivity index (χ3v) is 7.10. The summed E-state index contributed by atoms with van der Waals surface area (Å²) >= 11 is 0. The number of hydrogen-bond acceptors (Lipinski definition) is 4. The predicted molar refractivity (Wildman–Crippen MR) is 133 cm³/mol. The minimum atomic E-state index is 0.0288. The van der Waals surface area contributed by atoms with E-state index in [0.29, 0.717) is 0 Å². The molecule has 2 saturated heterocycles. The molecule has 0 unspecified atom stereocenters. The standard InChI is InChI=1S/C26H50N4O2/c1-20(32)30(22-17-25(6,7)28-26(8,9)18-22)14-12-10-11-13-29(19-31)21-15-23(2,3)27-24(4,5)16-21/h19,21-22,27-28H,10-18H2,1-9H3. The van der Waals surface area contributed by atoms with Crippen LogP contribution in [0.15, 0.2) is 0 Å². The van der Waals surface area contributed by atoms with E-state index in [0.717, 1.165) is 64.4 Å². The average molecular weight is 451 g/mol. The van der Waals surface area contributed by atoms with Crippen LogP contribution in [0.4, 0.5) is 0 Å². The van der Waals surface area contributed by atoms with Gasteiger partial charge in [-0.2, -0.15) is 0 Å². The Bertz CT molecular complexity index is 624. The number of carbonyl (C=O) groups excluding carboxylic acids is 2. The minimum absolute atomic E-state index is 0.0288. The van der Waals surface area contributed by atoms with Crippen LogP contribution in [0.25, 0.3) is 0 Å². The molecular formula is C26H50N4O2. The molecule has 0 radical (unpaired) electrons. The zero-order valence-corrected chi connectivity index (χ0v) is 22.3.